The number of nitrogens with one attached hydrogen (secondary N) is 1. The molecule has 0 spiro atoms. The number of aryl methyl sites for hydroxylation is 1. The molecule has 6 heteroatoms. The Kier molecular flexibility index (Phi) is 4.82. The number of carbonyl (C=O) groups is 2. The summed E-state index contributed by atoms with van der Waals surface area (Å²) in [5.41, 5.74) is 1.20. The van der Waals surface area contributed by atoms with Crippen LogP contribution < -0.4 is 5.32 Å². The minimum Gasteiger partial charge on any atom is -0.462 e. The molecule has 0 saturated heterocycles. The molecule has 1 N–H and O–H groups in total. The van der Waals surface area contributed by atoms with Gasteiger partial charge in [-0.15, -0.1) is 22.7 Å². The second-order valence-corrected chi connectivity index (χ2v) is 11.3. The number of esters is 1. The lowest BCUT2D eigenvalue weighted by molar-refractivity contribution is -0.140. The molecule has 4 nitrogen and oxygen atoms in total. The first-order valence-corrected chi connectivity index (χ1v) is 12.3. The van der Waals surface area contributed by atoms with E-state index in [0.29, 0.717) is 34.9 Å². The topological polar surface area (TPSA) is 55.4 Å². The average Bonchev–Trinajstić information content (AvgIpc) is 3.28. The van der Waals surface area contributed by atoms with E-state index in [1.165, 1.54) is 30.6 Å². The molecule has 4 fully saturated rings. The van der Waals surface area contributed by atoms with E-state index in [4.69, 9.17) is 4.74 Å². The maximum Gasteiger partial charge on any atom is 0.341 e. The van der Waals surface area contributed by atoms with Gasteiger partial charge in [0.1, 0.15) is 10.6 Å². The van der Waals surface area contributed by atoms with Gasteiger partial charge in [0.2, 0.25) is 5.91 Å². The Bertz CT molecular complexity index is 908. The van der Waals surface area contributed by atoms with Crippen molar-refractivity contribution in [3.8, 4) is 10.4 Å². The molecule has 4 bridgehead atoms. The van der Waals surface area contributed by atoms with Crippen molar-refractivity contribution in [1.29, 1.82) is 0 Å². The van der Waals surface area contributed by atoms with Gasteiger partial charge in [-0.25, -0.2) is 4.79 Å². The summed E-state index contributed by atoms with van der Waals surface area (Å²) in [6.45, 7) is 4.15. The lowest BCUT2D eigenvalue weighted by atomic mass is 9.49. The largest absolute Gasteiger partial charge is 0.462 e. The first-order chi connectivity index (χ1) is 14.0. The highest BCUT2D eigenvalue weighted by molar-refractivity contribution is 7.18. The number of ether oxygens (including phenoxy) is 1. The third-order valence-corrected chi connectivity index (χ3v) is 8.99. The number of hydrogen-bond donors (Lipinski definition) is 1. The molecule has 6 rings (SSSR count). The normalized spacial score (nSPS) is 29.8. The molecule has 2 aromatic rings. The summed E-state index contributed by atoms with van der Waals surface area (Å²) in [6.07, 6.45) is 6.97. The number of hydrogen-bond acceptors (Lipinski definition) is 5. The van der Waals surface area contributed by atoms with E-state index >= 15 is 0 Å². The molecule has 29 heavy (non-hydrogen) atoms. The van der Waals surface area contributed by atoms with E-state index in [1.54, 1.807) is 11.3 Å². The van der Waals surface area contributed by atoms with Gasteiger partial charge in [-0.1, -0.05) is 6.07 Å². The molecular formula is C23H27NO3S2. The highest BCUT2D eigenvalue weighted by Crippen LogP contribution is 2.60. The molecule has 0 aromatic carbocycles. The van der Waals surface area contributed by atoms with Gasteiger partial charge in [-0.05, 0) is 81.6 Å². The van der Waals surface area contributed by atoms with Gasteiger partial charge in [0, 0.05) is 15.3 Å². The zero-order chi connectivity index (χ0) is 20.2. The van der Waals surface area contributed by atoms with E-state index < -0.39 is 0 Å². The molecule has 0 unspecified atom stereocenters. The minimum absolute atomic E-state index is 0.126. The summed E-state index contributed by atoms with van der Waals surface area (Å²) in [5.74, 6) is 1.91. The zero-order valence-corrected chi connectivity index (χ0v) is 18.6. The molecule has 4 saturated carbocycles. The van der Waals surface area contributed by atoms with Gasteiger partial charge in [0.15, 0.2) is 0 Å². The SMILES string of the molecule is CCOC(=O)c1c(NC(=O)C23CC4CC(CC(C4)C2)C3)sc(C)c1-c1cccs1. The molecule has 4 aliphatic rings. The maximum absolute atomic E-state index is 13.6. The van der Waals surface area contributed by atoms with E-state index in [9.17, 15) is 9.59 Å². The fourth-order valence-electron chi connectivity index (χ4n) is 6.37. The third kappa shape index (κ3) is 3.25. The maximum atomic E-state index is 13.6. The van der Waals surface area contributed by atoms with Crippen molar-refractivity contribution in [3.63, 3.8) is 0 Å². The summed E-state index contributed by atoms with van der Waals surface area (Å²) in [4.78, 5) is 28.5. The van der Waals surface area contributed by atoms with E-state index in [2.05, 4.69) is 5.32 Å². The summed E-state index contributed by atoms with van der Waals surface area (Å²) in [7, 11) is 0. The second kappa shape index (κ2) is 7.24. The van der Waals surface area contributed by atoms with Crippen LogP contribution in [0, 0.1) is 30.1 Å². The zero-order valence-electron chi connectivity index (χ0n) is 17.0. The van der Waals surface area contributed by atoms with Crippen molar-refractivity contribution in [2.24, 2.45) is 23.2 Å². The first kappa shape index (κ1) is 19.3. The van der Waals surface area contributed by atoms with Crippen LogP contribution in [0.1, 0.15) is 60.7 Å². The Hall–Kier alpha value is -1.66. The lowest BCUT2D eigenvalue weighted by Gasteiger charge is -2.55. The second-order valence-electron chi connectivity index (χ2n) is 9.09. The summed E-state index contributed by atoms with van der Waals surface area (Å²) >= 11 is 3.11. The molecule has 0 radical (unpaired) electrons. The summed E-state index contributed by atoms with van der Waals surface area (Å²) in [6, 6.07) is 4.01. The lowest BCUT2D eigenvalue weighted by Crippen LogP contribution is -2.51. The van der Waals surface area contributed by atoms with Gasteiger partial charge < -0.3 is 10.1 Å². The van der Waals surface area contributed by atoms with Crippen molar-refractivity contribution in [2.75, 3.05) is 11.9 Å². The summed E-state index contributed by atoms with van der Waals surface area (Å²) in [5, 5.41) is 5.88. The van der Waals surface area contributed by atoms with Crippen LogP contribution in [-0.2, 0) is 9.53 Å². The van der Waals surface area contributed by atoms with Gasteiger partial charge in [0.05, 0.1) is 12.0 Å². The highest BCUT2D eigenvalue weighted by atomic mass is 32.1. The van der Waals surface area contributed by atoms with Crippen LogP contribution in [0.5, 0.6) is 0 Å². The summed E-state index contributed by atoms with van der Waals surface area (Å²) < 4.78 is 5.37. The van der Waals surface area contributed by atoms with Crippen molar-refractivity contribution in [3.05, 3.63) is 28.0 Å². The van der Waals surface area contributed by atoms with Crippen LogP contribution in [0.4, 0.5) is 5.00 Å². The van der Waals surface area contributed by atoms with Crippen LogP contribution >= 0.6 is 22.7 Å². The number of anilines is 1. The molecule has 154 valence electrons. The van der Waals surface area contributed by atoms with Crippen LogP contribution in [0.25, 0.3) is 10.4 Å². The van der Waals surface area contributed by atoms with E-state index in [1.807, 2.05) is 31.4 Å². The smallest absolute Gasteiger partial charge is 0.341 e. The Morgan fingerprint density at radius 3 is 2.38 bits per heavy atom. The number of thiophene rings is 2. The van der Waals surface area contributed by atoms with Crippen LogP contribution in [0.3, 0.4) is 0 Å². The average molecular weight is 430 g/mol. The van der Waals surface area contributed by atoms with Gasteiger partial charge in [-0.3, -0.25) is 4.79 Å². The van der Waals surface area contributed by atoms with Gasteiger partial charge >= 0.3 is 5.97 Å². The van der Waals surface area contributed by atoms with E-state index in [0.717, 1.165) is 34.6 Å². The Balaban J connectivity index is 1.49. The number of carbonyl (C=O) groups excluding carboxylic acids is 2. The molecule has 0 atom stereocenters. The third-order valence-electron chi connectivity index (χ3n) is 7.08. The van der Waals surface area contributed by atoms with Gasteiger partial charge in [0.25, 0.3) is 0 Å². The minimum atomic E-state index is -0.346. The van der Waals surface area contributed by atoms with Crippen molar-refractivity contribution in [2.45, 2.75) is 52.4 Å². The number of amides is 1. The first-order valence-electron chi connectivity index (χ1n) is 10.6. The van der Waals surface area contributed by atoms with Crippen LogP contribution in [-0.4, -0.2) is 18.5 Å². The number of rotatable bonds is 5. The molecule has 2 aromatic heterocycles. The Morgan fingerprint density at radius 2 is 1.83 bits per heavy atom. The van der Waals surface area contributed by atoms with Crippen LogP contribution in [0.15, 0.2) is 17.5 Å². The van der Waals surface area contributed by atoms with Gasteiger partial charge in [-0.2, -0.15) is 0 Å². The molecule has 1 amide bonds. The Morgan fingerprint density at radius 1 is 1.17 bits per heavy atom. The van der Waals surface area contributed by atoms with Crippen molar-refractivity contribution in [1.82, 2.24) is 0 Å². The van der Waals surface area contributed by atoms with Crippen molar-refractivity contribution >= 4 is 39.6 Å². The fourth-order valence-corrected chi connectivity index (χ4v) is 8.32. The molecule has 2 heterocycles. The van der Waals surface area contributed by atoms with E-state index in [-0.39, 0.29) is 17.3 Å². The fraction of sp³-hybridized carbons (Fsp3) is 0.565. The Labute approximate surface area is 179 Å². The predicted molar refractivity (Wildman–Crippen MR) is 118 cm³/mol. The van der Waals surface area contributed by atoms with Crippen LogP contribution in [0.2, 0.25) is 0 Å². The quantitative estimate of drug-likeness (QED) is 0.583. The molecule has 0 aliphatic heterocycles. The monoisotopic (exact) mass is 429 g/mol. The molecule has 4 aliphatic carbocycles. The highest BCUT2D eigenvalue weighted by Gasteiger charge is 2.54. The van der Waals surface area contributed by atoms with Crippen molar-refractivity contribution < 1.29 is 14.3 Å². The standard InChI is InChI=1S/C23H27NO3S2/c1-3-27-21(25)19-18(17-5-4-6-28-17)13(2)29-20(19)24-22(26)23-10-14-7-15(11-23)9-16(8-14)12-23/h4-6,14-16H,3,7-12H2,1-2H3,(H,24,26). The predicted octanol–water partition coefficient (Wildman–Crippen LogP) is 6.12. The molecular weight excluding hydrogens is 402 g/mol.